The van der Waals surface area contributed by atoms with E-state index in [9.17, 15) is 0 Å². The summed E-state index contributed by atoms with van der Waals surface area (Å²) in [7, 11) is 0. The van der Waals surface area contributed by atoms with Gasteiger partial charge in [-0.25, -0.2) is 0 Å². The Morgan fingerprint density at radius 3 is 2.53 bits per heavy atom. The molecule has 5 heteroatoms. The Balaban J connectivity index is 2.92. The van der Waals surface area contributed by atoms with E-state index in [2.05, 4.69) is 30.9 Å². The van der Waals surface area contributed by atoms with E-state index in [1.807, 2.05) is 13.8 Å². The van der Waals surface area contributed by atoms with Gasteiger partial charge in [-0.2, -0.15) is 4.98 Å². The highest BCUT2D eigenvalue weighted by atomic mass is 16.5. The molecule has 1 aromatic rings. The van der Waals surface area contributed by atoms with Crippen LogP contribution >= 0.6 is 0 Å². The highest BCUT2D eigenvalue weighted by Gasteiger charge is 2.31. The zero-order chi connectivity index (χ0) is 13.1. The lowest BCUT2D eigenvalue weighted by Crippen LogP contribution is -2.22. The van der Waals surface area contributed by atoms with E-state index in [1.165, 1.54) is 0 Å². The van der Waals surface area contributed by atoms with Gasteiger partial charge in [0.25, 0.3) is 0 Å². The highest BCUT2D eigenvalue weighted by Crippen LogP contribution is 2.34. The van der Waals surface area contributed by atoms with Crippen molar-refractivity contribution in [1.29, 1.82) is 0 Å². The van der Waals surface area contributed by atoms with Crippen LogP contribution in [-0.4, -0.2) is 23.3 Å². The Hall–Kier alpha value is -0.940. The van der Waals surface area contributed by atoms with Crippen molar-refractivity contribution in [3.8, 4) is 0 Å². The number of ether oxygens (including phenoxy) is 1. The van der Waals surface area contributed by atoms with Crippen LogP contribution < -0.4 is 5.73 Å². The van der Waals surface area contributed by atoms with Crippen LogP contribution in [0.15, 0.2) is 4.52 Å². The third-order valence-electron chi connectivity index (χ3n) is 2.59. The number of hydrogen-bond acceptors (Lipinski definition) is 5. The molecule has 0 aliphatic rings. The molecule has 1 rings (SSSR count). The Labute approximate surface area is 103 Å². The second-order valence-corrected chi connectivity index (χ2v) is 5.33. The third kappa shape index (κ3) is 3.51. The molecule has 98 valence electrons. The van der Waals surface area contributed by atoms with Gasteiger partial charge in [-0.15, -0.1) is 0 Å². The fraction of sp³-hybridized carbons (Fsp3) is 0.833. The maximum absolute atomic E-state index is 5.70. The smallest absolute Gasteiger partial charge is 0.230 e. The third-order valence-corrected chi connectivity index (χ3v) is 2.59. The molecule has 0 bridgehead atoms. The first kappa shape index (κ1) is 14.1. The predicted molar refractivity (Wildman–Crippen MR) is 65.6 cm³/mol. The molecule has 2 N–H and O–H groups in total. The van der Waals surface area contributed by atoms with E-state index < -0.39 is 0 Å². The normalized spacial score (nSPS) is 15.9. The molecule has 0 saturated carbocycles. The Morgan fingerprint density at radius 2 is 2.06 bits per heavy atom. The maximum Gasteiger partial charge on any atom is 0.230 e. The molecular formula is C12H23N3O2. The summed E-state index contributed by atoms with van der Waals surface area (Å²) in [5, 5.41) is 4.00. The topological polar surface area (TPSA) is 74.2 Å². The molecule has 0 radical (unpaired) electrons. The van der Waals surface area contributed by atoms with Crippen molar-refractivity contribution < 1.29 is 9.26 Å². The number of nitrogens with two attached hydrogens (primary N) is 1. The van der Waals surface area contributed by atoms with Gasteiger partial charge in [0.1, 0.15) is 6.10 Å². The molecule has 5 nitrogen and oxygen atoms in total. The Morgan fingerprint density at radius 1 is 1.41 bits per heavy atom. The summed E-state index contributed by atoms with van der Waals surface area (Å²) in [5.41, 5.74) is 5.51. The van der Waals surface area contributed by atoms with Gasteiger partial charge >= 0.3 is 0 Å². The van der Waals surface area contributed by atoms with Gasteiger partial charge in [0.2, 0.25) is 11.7 Å². The quantitative estimate of drug-likeness (QED) is 0.855. The summed E-state index contributed by atoms with van der Waals surface area (Å²) < 4.78 is 10.9. The van der Waals surface area contributed by atoms with Crippen LogP contribution in [0.3, 0.4) is 0 Å². The van der Waals surface area contributed by atoms with Crippen molar-refractivity contribution in [3.05, 3.63) is 11.7 Å². The highest BCUT2D eigenvalue weighted by molar-refractivity contribution is 4.99. The summed E-state index contributed by atoms with van der Waals surface area (Å²) in [6.45, 7) is 11.3. The molecule has 1 heterocycles. The van der Waals surface area contributed by atoms with E-state index in [4.69, 9.17) is 15.0 Å². The summed E-state index contributed by atoms with van der Waals surface area (Å²) >= 11 is 0. The van der Waals surface area contributed by atoms with Gasteiger partial charge < -0.3 is 15.0 Å². The van der Waals surface area contributed by atoms with E-state index in [-0.39, 0.29) is 17.4 Å². The second kappa shape index (κ2) is 5.60. The Bertz CT molecular complexity index is 344. The fourth-order valence-electron chi connectivity index (χ4n) is 1.53. The van der Waals surface area contributed by atoms with Crippen molar-refractivity contribution in [2.75, 3.05) is 13.2 Å². The number of nitrogens with zero attached hydrogens (tertiary/aromatic N) is 2. The van der Waals surface area contributed by atoms with Crippen LogP contribution in [0.5, 0.6) is 0 Å². The van der Waals surface area contributed by atoms with Crippen molar-refractivity contribution in [3.63, 3.8) is 0 Å². The van der Waals surface area contributed by atoms with Gasteiger partial charge in [0.05, 0.1) is 0 Å². The Kier molecular flexibility index (Phi) is 4.65. The van der Waals surface area contributed by atoms with Crippen LogP contribution in [0, 0.1) is 5.41 Å². The molecular weight excluding hydrogens is 218 g/mol. The predicted octanol–water partition coefficient (Wildman–Crippen LogP) is 2.26. The number of rotatable bonds is 5. The fourth-order valence-corrected chi connectivity index (χ4v) is 1.53. The largest absolute Gasteiger partial charge is 0.370 e. The molecule has 0 fully saturated rings. The molecule has 2 atom stereocenters. The summed E-state index contributed by atoms with van der Waals surface area (Å²) in [4.78, 5) is 4.38. The summed E-state index contributed by atoms with van der Waals surface area (Å²) in [5.74, 6) is 1.27. The van der Waals surface area contributed by atoms with Gasteiger partial charge in [0, 0.05) is 19.1 Å². The second-order valence-electron chi connectivity index (χ2n) is 5.33. The average molecular weight is 241 g/mol. The first-order valence-electron chi connectivity index (χ1n) is 6.05. The minimum atomic E-state index is -0.157. The monoisotopic (exact) mass is 241 g/mol. The zero-order valence-electron chi connectivity index (χ0n) is 11.4. The van der Waals surface area contributed by atoms with Gasteiger partial charge in [-0.3, -0.25) is 0 Å². The van der Waals surface area contributed by atoms with Crippen LogP contribution in [0.2, 0.25) is 0 Å². The molecule has 1 aromatic heterocycles. The number of aromatic nitrogens is 2. The average Bonchev–Trinajstić information content (AvgIpc) is 2.72. The van der Waals surface area contributed by atoms with Gasteiger partial charge in [0.15, 0.2) is 0 Å². The molecule has 0 aliphatic carbocycles. The van der Waals surface area contributed by atoms with Crippen LogP contribution in [0.25, 0.3) is 0 Å². The minimum Gasteiger partial charge on any atom is -0.370 e. The standard InChI is InChI=1S/C12H23N3O2/c1-6-16-9(12(3,4)5)10-14-11(17-15-10)8(2)7-13/h8-9H,6-7,13H2,1-5H3. The molecule has 2 unspecified atom stereocenters. The van der Waals surface area contributed by atoms with Crippen molar-refractivity contribution in [1.82, 2.24) is 10.1 Å². The molecule has 0 aliphatic heterocycles. The lowest BCUT2D eigenvalue weighted by molar-refractivity contribution is -0.0203. The van der Waals surface area contributed by atoms with E-state index in [1.54, 1.807) is 0 Å². The van der Waals surface area contributed by atoms with E-state index in [0.717, 1.165) is 0 Å². The lowest BCUT2D eigenvalue weighted by Gasteiger charge is -2.27. The summed E-state index contributed by atoms with van der Waals surface area (Å²) in [6.07, 6.45) is -0.157. The molecule has 0 saturated heterocycles. The molecule has 17 heavy (non-hydrogen) atoms. The van der Waals surface area contributed by atoms with Crippen molar-refractivity contribution in [2.24, 2.45) is 11.1 Å². The van der Waals surface area contributed by atoms with Crippen molar-refractivity contribution >= 4 is 0 Å². The first-order valence-corrected chi connectivity index (χ1v) is 6.05. The van der Waals surface area contributed by atoms with Gasteiger partial charge in [-0.1, -0.05) is 32.9 Å². The van der Waals surface area contributed by atoms with Crippen molar-refractivity contribution in [2.45, 2.75) is 46.6 Å². The van der Waals surface area contributed by atoms with Crippen LogP contribution in [0.4, 0.5) is 0 Å². The molecule has 0 amide bonds. The SMILES string of the molecule is CCOC(c1noc(C(C)CN)n1)C(C)(C)C. The van der Waals surface area contributed by atoms with Crippen LogP contribution in [0.1, 0.15) is 58.4 Å². The summed E-state index contributed by atoms with van der Waals surface area (Å²) in [6, 6.07) is 0. The van der Waals surface area contributed by atoms with Crippen LogP contribution in [-0.2, 0) is 4.74 Å². The maximum atomic E-state index is 5.70. The molecule has 0 aromatic carbocycles. The molecule has 0 spiro atoms. The van der Waals surface area contributed by atoms with E-state index in [0.29, 0.717) is 24.9 Å². The van der Waals surface area contributed by atoms with E-state index >= 15 is 0 Å². The first-order chi connectivity index (χ1) is 7.90. The zero-order valence-corrected chi connectivity index (χ0v) is 11.4. The van der Waals surface area contributed by atoms with Gasteiger partial charge in [-0.05, 0) is 12.3 Å². The lowest BCUT2D eigenvalue weighted by atomic mass is 9.88. The minimum absolute atomic E-state index is 0.0664. The number of hydrogen-bond donors (Lipinski definition) is 1.